The Balaban J connectivity index is 2.53. The Kier molecular flexibility index (Phi) is 2.29. The zero-order chi connectivity index (χ0) is 12.9. The third-order valence-corrected chi connectivity index (χ3v) is 3.22. The molecule has 1 aromatic heterocycles. The number of benzene rings is 1. The van der Waals surface area contributed by atoms with Crippen LogP contribution in [0, 0.1) is 5.82 Å². The second kappa shape index (κ2) is 3.73. The second-order valence-corrected chi connectivity index (χ2v) is 4.36. The fraction of sp³-hybridized carbons (Fsp3) is 0.308. The molecule has 0 spiro atoms. The maximum absolute atomic E-state index is 13.8. The molecule has 0 radical (unpaired) electrons. The lowest BCUT2D eigenvalue weighted by atomic mass is 10.1. The number of hydrogen-bond donors (Lipinski definition) is 0. The zero-order valence-electron chi connectivity index (χ0n) is 10.1. The quantitative estimate of drug-likeness (QED) is 0.777. The van der Waals surface area contributed by atoms with E-state index in [1.165, 1.54) is 19.2 Å². The zero-order valence-corrected chi connectivity index (χ0v) is 10.1. The van der Waals surface area contributed by atoms with Gasteiger partial charge in [0.2, 0.25) is 0 Å². The van der Waals surface area contributed by atoms with E-state index in [9.17, 15) is 9.18 Å². The van der Waals surface area contributed by atoms with Crippen molar-refractivity contribution in [3.05, 3.63) is 34.4 Å². The van der Waals surface area contributed by atoms with Gasteiger partial charge in [0.25, 0.3) is 0 Å². The first-order valence-electron chi connectivity index (χ1n) is 5.67. The lowest BCUT2D eigenvalue weighted by molar-refractivity contribution is 0.232. The fourth-order valence-electron chi connectivity index (χ4n) is 2.33. The van der Waals surface area contributed by atoms with E-state index in [4.69, 9.17) is 9.47 Å². The molecule has 5 heteroatoms. The number of nitrogens with zero attached hydrogens (tertiary/aromatic N) is 1. The molecule has 0 bridgehead atoms. The second-order valence-electron chi connectivity index (χ2n) is 4.36. The largest absolute Gasteiger partial charge is 0.490 e. The van der Waals surface area contributed by atoms with Crippen LogP contribution in [0.1, 0.15) is 13.0 Å². The molecule has 4 nitrogen and oxygen atoms in total. The van der Waals surface area contributed by atoms with E-state index in [0.29, 0.717) is 23.3 Å². The minimum absolute atomic E-state index is 0.0498. The van der Waals surface area contributed by atoms with Gasteiger partial charge in [-0.15, -0.1) is 0 Å². The fourth-order valence-corrected chi connectivity index (χ4v) is 2.33. The highest BCUT2D eigenvalue weighted by Gasteiger charge is 2.25. The summed E-state index contributed by atoms with van der Waals surface area (Å²) in [6, 6.07) is 2.74. The summed E-state index contributed by atoms with van der Waals surface area (Å²) in [4.78, 5) is 11.8. The van der Waals surface area contributed by atoms with Gasteiger partial charge in [-0.1, -0.05) is 0 Å². The van der Waals surface area contributed by atoms with Gasteiger partial charge in [0.05, 0.1) is 24.1 Å². The highest BCUT2D eigenvalue weighted by Crippen LogP contribution is 2.40. The molecule has 1 aromatic carbocycles. The van der Waals surface area contributed by atoms with Crippen molar-refractivity contribution < 1.29 is 13.9 Å². The number of ether oxygens (including phenoxy) is 2. The van der Waals surface area contributed by atoms with Crippen molar-refractivity contribution in [2.45, 2.75) is 13.0 Å². The molecule has 2 heterocycles. The molecule has 1 aliphatic rings. The van der Waals surface area contributed by atoms with E-state index < -0.39 is 5.82 Å². The minimum Gasteiger partial charge on any atom is -0.490 e. The molecule has 0 saturated heterocycles. The summed E-state index contributed by atoms with van der Waals surface area (Å²) in [6.45, 7) is 2.40. The van der Waals surface area contributed by atoms with Gasteiger partial charge >= 0.3 is 0 Å². The lowest BCUT2D eigenvalue weighted by Gasteiger charge is -2.27. The Labute approximate surface area is 103 Å². The van der Waals surface area contributed by atoms with E-state index in [1.807, 2.05) is 11.5 Å². The molecule has 1 aliphatic heterocycles. The van der Waals surface area contributed by atoms with E-state index in [0.717, 1.165) is 0 Å². The lowest BCUT2D eigenvalue weighted by Crippen LogP contribution is -2.23. The SMILES string of the molecule is COc1c(F)cc2c(=O)ccn3c2c1OCC3C. The Morgan fingerprint density at radius 1 is 1.56 bits per heavy atom. The van der Waals surface area contributed by atoms with E-state index >= 15 is 0 Å². The van der Waals surface area contributed by atoms with Gasteiger partial charge in [0.1, 0.15) is 6.61 Å². The molecule has 3 rings (SSSR count). The van der Waals surface area contributed by atoms with Gasteiger partial charge in [-0.3, -0.25) is 4.79 Å². The molecule has 1 unspecified atom stereocenters. The first-order chi connectivity index (χ1) is 8.63. The van der Waals surface area contributed by atoms with Crippen LogP contribution in [0.5, 0.6) is 11.5 Å². The third kappa shape index (κ3) is 1.33. The first-order valence-corrected chi connectivity index (χ1v) is 5.67. The van der Waals surface area contributed by atoms with Gasteiger partial charge in [-0.2, -0.15) is 0 Å². The molecule has 0 fully saturated rings. The predicted octanol–water partition coefficient (Wildman–Crippen LogP) is 2.10. The van der Waals surface area contributed by atoms with Gasteiger partial charge in [-0.25, -0.2) is 4.39 Å². The predicted molar refractivity (Wildman–Crippen MR) is 64.9 cm³/mol. The summed E-state index contributed by atoms with van der Waals surface area (Å²) < 4.78 is 26.3. The highest BCUT2D eigenvalue weighted by molar-refractivity contribution is 5.88. The molecular formula is C13H12FNO3. The molecule has 0 aliphatic carbocycles. The summed E-state index contributed by atoms with van der Waals surface area (Å²) >= 11 is 0. The average Bonchev–Trinajstić information content (AvgIpc) is 2.36. The number of rotatable bonds is 1. The van der Waals surface area contributed by atoms with Crippen LogP contribution in [0.15, 0.2) is 23.1 Å². The van der Waals surface area contributed by atoms with Crippen LogP contribution in [0.25, 0.3) is 10.9 Å². The molecule has 0 saturated carbocycles. The Morgan fingerprint density at radius 3 is 3.06 bits per heavy atom. The van der Waals surface area contributed by atoms with Gasteiger partial charge in [0, 0.05) is 12.3 Å². The van der Waals surface area contributed by atoms with Crippen molar-refractivity contribution >= 4 is 10.9 Å². The van der Waals surface area contributed by atoms with E-state index in [-0.39, 0.29) is 17.2 Å². The van der Waals surface area contributed by atoms with Gasteiger partial charge in [-0.05, 0) is 13.0 Å². The molecule has 0 N–H and O–H groups in total. The van der Waals surface area contributed by atoms with Crippen LogP contribution < -0.4 is 14.9 Å². The van der Waals surface area contributed by atoms with Gasteiger partial charge < -0.3 is 14.0 Å². The standard InChI is InChI=1S/C13H12FNO3/c1-7-6-18-13-11-8(5-9(14)12(13)17-2)10(16)3-4-15(7)11/h3-5,7H,6H2,1-2H3. The molecule has 94 valence electrons. The van der Waals surface area contributed by atoms with Crippen LogP contribution in [0.3, 0.4) is 0 Å². The van der Waals surface area contributed by atoms with Crippen LogP contribution >= 0.6 is 0 Å². The summed E-state index contributed by atoms with van der Waals surface area (Å²) in [5.74, 6) is -0.221. The molecule has 18 heavy (non-hydrogen) atoms. The Morgan fingerprint density at radius 2 is 2.33 bits per heavy atom. The number of halogens is 1. The van der Waals surface area contributed by atoms with Crippen molar-refractivity contribution in [2.24, 2.45) is 0 Å². The Bertz CT molecular complexity index is 693. The van der Waals surface area contributed by atoms with Crippen molar-refractivity contribution in [3.63, 3.8) is 0 Å². The topological polar surface area (TPSA) is 40.5 Å². The monoisotopic (exact) mass is 249 g/mol. The van der Waals surface area contributed by atoms with Crippen LogP contribution in [-0.4, -0.2) is 18.3 Å². The molecule has 0 amide bonds. The number of methoxy groups -OCH3 is 1. The number of aromatic nitrogens is 1. The maximum Gasteiger partial charge on any atom is 0.199 e. The number of pyridine rings is 1. The van der Waals surface area contributed by atoms with Crippen molar-refractivity contribution in [2.75, 3.05) is 13.7 Å². The molecule has 2 aromatic rings. The van der Waals surface area contributed by atoms with E-state index in [1.54, 1.807) is 6.20 Å². The molecular weight excluding hydrogens is 237 g/mol. The summed E-state index contributed by atoms with van der Waals surface area (Å²) in [6.07, 6.45) is 1.71. The van der Waals surface area contributed by atoms with Crippen LogP contribution in [0.4, 0.5) is 4.39 Å². The smallest absolute Gasteiger partial charge is 0.199 e. The third-order valence-electron chi connectivity index (χ3n) is 3.22. The number of hydrogen-bond acceptors (Lipinski definition) is 3. The highest BCUT2D eigenvalue weighted by atomic mass is 19.1. The van der Waals surface area contributed by atoms with E-state index in [2.05, 4.69) is 0 Å². The summed E-state index contributed by atoms with van der Waals surface area (Å²) in [7, 11) is 1.38. The van der Waals surface area contributed by atoms with Crippen molar-refractivity contribution in [3.8, 4) is 11.5 Å². The van der Waals surface area contributed by atoms with Crippen LogP contribution in [-0.2, 0) is 0 Å². The van der Waals surface area contributed by atoms with Crippen molar-refractivity contribution in [1.29, 1.82) is 0 Å². The first kappa shape index (κ1) is 11.1. The summed E-state index contributed by atoms with van der Waals surface area (Å²) in [5, 5.41) is 0.317. The van der Waals surface area contributed by atoms with Gasteiger partial charge in [0.15, 0.2) is 22.7 Å². The normalized spacial score (nSPS) is 17.6. The van der Waals surface area contributed by atoms with Crippen molar-refractivity contribution in [1.82, 2.24) is 4.57 Å². The minimum atomic E-state index is -0.579. The Hall–Kier alpha value is -2.04. The average molecular weight is 249 g/mol. The summed E-state index contributed by atoms with van der Waals surface area (Å²) in [5.41, 5.74) is 0.376. The maximum atomic E-state index is 13.8. The van der Waals surface area contributed by atoms with Crippen LogP contribution in [0.2, 0.25) is 0 Å². The molecule has 1 atom stereocenters.